The predicted molar refractivity (Wildman–Crippen MR) is 94.1 cm³/mol. The third-order valence-corrected chi connectivity index (χ3v) is 2.76. The quantitative estimate of drug-likeness (QED) is 0.604. The maximum absolute atomic E-state index is 5.70. The minimum Gasteiger partial charge on any atom is -0.489 e. The van der Waals surface area contributed by atoms with Crippen LogP contribution in [0.1, 0.15) is 44.4 Å². The van der Waals surface area contributed by atoms with Crippen molar-refractivity contribution < 1.29 is 4.74 Å². The SMILES string of the molecule is C=C(OCc1ccccc1C)c1ccccc1.CC.CC. The van der Waals surface area contributed by atoms with Gasteiger partial charge in [0.15, 0.2) is 0 Å². The van der Waals surface area contributed by atoms with Crippen molar-refractivity contribution >= 4 is 5.76 Å². The molecule has 0 unspecified atom stereocenters. The van der Waals surface area contributed by atoms with Crippen molar-refractivity contribution in [3.63, 3.8) is 0 Å². The van der Waals surface area contributed by atoms with Crippen molar-refractivity contribution in [3.05, 3.63) is 77.9 Å². The Bertz CT molecular complexity index is 500. The molecule has 2 aromatic carbocycles. The van der Waals surface area contributed by atoms with E-state index in [0.29, 0.717) is 12.4 Å². The summed E-state index contributed by atoms with van der Waals surface area (Å²) in [5.41, 5.74) is 3.47. The molecule has 0 heterocycles. The van der Waals surface area contributed by atoms with E-state index in [9.17, 15) is 0 Å². The molecule has 0 N–H and O–H groups in total. The van der Waals surface area contributed by atoms with Crippen LogP contribution in [-0.2, 0) is 11.3 Å². The molecule has 1 heteroatoms. The third-order valence-electron chi connectivity index (χ3n) is 2.76. The van der Waals surface area contributed by atoms with E-state index in [1.165, 1.54) is 11.1 Å². The van der Waals surface area contributed by atoms with E-state index in [1.54, 1.807) is 0 Å². The van der Waals surface area contributed by atoms with E-state index in [1.807, 2.05) is 70.2 Å². The maximum Gasteiger partial charge on any atom is 0.119 e. The topological polar surface area (TPSA) is 9.23 Å². The van der Waals surface area contributed by atoms with Gasteiger partial charge in [-0.15, -0.1) is 0 Å². The van der Waals surface area contributed by atoms with Crippen LogP contribution in [0.15, 0.2) is 61.2 Å². The third kappa shape index (κ3) is 6.80. The molecule has 0 spiro atoms. The first kappa shape index (κ1) is 19.0. The molecular weight excluding hydrogens is 256 g/mol. The van der Waals surface area contributed by atoms with Gasteiger partial charge in [-0.25, -0.2) is 0 Å². The molecule has 0 atom stereocenters. The van der Waals surface area contributed by atoms with Gasteiger partial charge in [-0.3, -0.25) is 0 Å². The lowest BCUT2D eigenvalue weighted by Crippen LogP contribution is -1.94. The summed E-state index contributed by atoms with van der Waals surface area (Å²) in [6.45, 7) is 14.6. The summed E-state index contributed by atoms with van der Waals surface area (Å²) in [7, 11) is 0. The molecule has 0 radical (unpaired) electrons. The monoisotopic (exact) mass is 284 g/mol. The van der Waals surface area contributed by atoms with E-state index < -0.39 is 0 Å². The van der Waals surface area contributed by atoms with Crippen LogP contribution in [0.4, 0.5) is 0 Å². The Morgan fingerprint density at radius 1 is 0.857 bits per heavy atom. The first-order chi connectivity index (χ1) is 10.3. The maximum atomic E-state index is 5.70. The number of benzene rings is 2. The summed E-state index contributed by atoms with van der Waals surface area (Å²) in [6.07, 6.45) is 0. The Morgan fingerprint density at radius 3 is 1.95 bits per heavy atom. The first-order valence-corrected chi connectivity index (χ1v) is 7.69. The molecule has 1 nitrogen and oxygen atoms in total. The van der Waals surface area contributed by atoms with Crippen LogP contribution in [0, 0.1) is 6.92 Å². The fourth-order valence-electron chi connectivity index (χ4n) is 1.64. The van der Waals surface area contributed by atoms with Crippen molar-refractivity contribution in [3.8, 4) is 0 Å². The number of hydrogen-bond acceptors (Lipinski definition) is 1. The molecule has 0 aliphatic rings. The van der Waals surface area contributed by atoms with Gasteiger partial charge in [-0.2, -0.15) is 0 Å². The van der Waals surface area contributed by atoms with Crippen molar-refractivity contribution in [1.29, 1.82) is 0 Å². The van der Waals surface area contributed by atoms with E-state index in [2.05, 4.69) is 25.6 Å². The summed E-state index contributed by atoms with van der Waals surface area (Å²) in [5.74, 6) is 0.717. The zero-order valence-corrected chi connectivity index (χ0v) is 14.0. The summed E-state index contributed by atoms with van der Waals surface area (Å²) < 4.78 is 5.70. The summed E-state index contributed by atoms with van der Waals surface area (Å²) in [4.78, 5) is 0. The van der Waals surface area contributed by atoms with Crippen molar-refractivity contribution in [2.45, 2.75) is 41.2 Å². The summed E-state index contributed by atoms with van der Waals surface area (Å²) in [6, 6.07) is 18.2. The predicted octanol–water partition coefficient (Wildman–Crippen LogP) is 6.23. The smallest absolute Gasteiger partial charge is 0.119 e. The van der Waals surface area contributed by atoms with Crippen LogP contribution in [0.5, 0.6) is 0 Å². The van der Waals surface area contributed by atoms with Crippen LogP contribution in [-0.4, -0.2) is 0 Å². The van der Waals surface area contributed by atoms with Gasteiger partial charge in [0.05, 0.1) is 0 Å². The van der Waals surface area contributed by atoms with Gasteiger partial charge in [-0.05, 0) is 18.1 Å². The minimum atomic E-state index is 0.570. The first-order valence-electron chi connectivity index (χ1n) is 7.69. The molecule has 2 rings (SSSR count). The van der Waals surface area contributed by atoms with Gasteiger partial charge in [0.25, 0.3) is 0 Å². The van der Waals surface area contributed by atoms with Crippen LogP contribution in [0.3, 0.4) is 0 Å². The molecule has 0 amide bonds. The van der Waals surface area contributed by atoms with Crippen LogP contribution in [0.25, 0.3) is 5.76 Å². The normalized spacial score (nSPS) is 8.62. The molecular formula is C20H28O. The molecule has 0 aromatic heterocycles. The highest BCUT2D eigenvalue weighted by Gasteiger charge is 2.01. The number of rotatable bonds is 4. The summed E-state index contributed by atoms with van der Waals surface area (Å²) >= 11 is 0. The van der Waals surface area contributed by atoms with E-state index in [4.69, 9.17) is 4.74 Å². The Hall–Kier alpha value is -2.02. The van der Waals surface area contributed by atoms with Gasteiger partial charge in [-0.1, -0.05) is 88.9 Å². The number of hydrogen-bond donors (Lipinski definition) is 0. The van der Waals surface area contributed by atoms with E-state index >= 15 is 0 Å². The molecule has 0 saturated carbocycles. The Balaban J connectivity index is 0.000000921. The fourth-order valence-corrected chi connectivity index (χ4v) is 1.64. The molecule has 0 bridgehead atoms. The van der Waals surface area contributed by atoms with Gasteiger partial charge >= 0.3 is 0 Å². The van der Waals surface area contributed by atoms with Crippen LogP contribution >= 0.6 is 0 Å². The second-order valence-electron chi connectivity index (χ2n) is 4.00. The Morgan fingerprint density at radius 2 is 1.38 bits per heavy atom. The van der Waals surface area contributed by atoms with Gasteiger partial charge < -0.3 is 4.74 Å². The van der Waals surface area contributed by atoms with Crippen LogP contribution in [0.2, 0.25) is 0 Å². The van der Waals surface area contributed by atoms with Crippen molar-refractivity contribution in [2.75, 3.05) is 0 Å². The molecule has 0 aliphatic heterocycles. The highest BCUT2D eigenvalue weighted by atomic mass is 16.5. The zero-order valence-electron chi connectivity index (χ0n) is 14.0. The minimum absolute atomic E-state index is 0.570. The van der Waals surface area contributed by atoms with Gasteiger partial charge in [0, 0.05) is 5.56 Å². The molecule has 2 aromatic rings. The number of ether oxygens (including phenoxy) is 1. The highest BCUT2D eigenvalue weighted by molar-refractivity contribution is 5.57. The highest BCUT2D eigenvalue weighted by Crippen LogP contribution is 2.16. The van der Waals surface area contributed by atoms with E-state index in [-0.39, 0.29) is 0 Å². The average molecular weight is 284 g/mol. The van der Waals surface area contributed by atoms with Crippen molar-refractivity contribution in [2.24, 2.45) is 0 Å². The van der Waals surface area contributed by atoms with Gasteiger partial charge in [0.1, 0.15) is 12.4 Å². The standard InChI is InChI=1S/C16H16O.2C2H6/c1-13-8-6-7-11-16(13)12-17-14(2)15-9-4-3-5-10-15;2*1-2/h3-11H,2,12H2,1H3;2*1-2H3. The van der Waals surface area contributed by atoms with Gasteiger partial charge in [0.2, 0.25) is 0 Å². The Kier molecular flexibility index (Phi) is 10.6. The van der Waals surface area contributed by atoms with E-state index in [0.717, 1.165) is 5.56 Å². The number of aryl methyl sites for hydroxylation is 1. The largest absolute Gasteiger partial charge is 0.489 e. The average Bonchev–Trinajstić information content (AvgIpc) is 2.58. The Labute approximate surface area is 130 Å². The lowest BCUT2D eigenvalue weighted by Gasteiger charge is -2.10. The van der Waals surface area contributed by atoms with Crippen molar-refractivity contribution in [1.82, 2.24) is 0 Å². The lowest BCUT2D eigenvalue weighted by molar-refractivity contribution is 0.264. The summed E-state index contributed by atoms with van der Waals surface area (Å²) in [5, 5.41) is 0. The molecule has 21 heavy (non-hydrogen) atoms. The second kappa shape index (κ2) is 11.8. The van der Waals surface area contributed by atoms with Crippen LogP contribution < -0.4 is 0 Å². The molecule has 0 aliphatic carbocycles. The fraction of sp³-hybridized carbons (Fsp3) is 0.300. The lowest BCUT2D eigenvalue weighted by atomic mass is 10.1. The molecule has 0 fully saturated rings. The molecule has 0 saturated heterocycles. The molecule has 114 valence electrons. The zero-order chi connectivity index (χ0) is 16.1. The second-order valence-corrected chi connectivity index (χ2v) is 4.00.